The first-order valence-corrected chi connectivity index (χ1v) is 15.4. The van der Waals surface area contributed by atoms with Crippen molar-refractivity contribution in [1.29, 1.82) is 0 Å². The molecular formula is C35H43NO7. The number of aliphatic hydroxyl groups is 2. The predicted molar refractivity (Wildman–Crippen MR) is 165 cm³/mol. The van der Waals surface area contributed by atoms with Gasteiger partial charge in [-0.15, -0.1) is 0 Å². The molecule has 2 aliphatic rings. The van der Waals surface area contributed by atoms with Crippen LogP contribution < -0.4 is 0 Å². The van der Waals surface area contributed by atoms with Crippen LogP contribution in [0.4, 0.5) is 0 Å². The van der Waals surface area contributed by atoms with Gasteiger partial charge in [0, 0.05) is 24.4 Å². The number of carboxylic acid groups (broad SMARTS) is 1. The molecule has 1 saturated heterocycles. The highest BCUT2D eigenvalue weighted by Crippen LogP contribution is 2.47. The maximum Gasteiger partial charge on any atom is 0.303 e. The largest absolute Gasteiger partial charge is 0.507 e. The number of amides is 2. The third kappa shape index (κ3) is 7.61. The first kappa shape index (κ1) is 32.2. The number of carboxylic acids is 1. The Balaban J connectivity index is 1.55. The van der Waals surface area contributed by atoms with Crippen molar-refractivity contribution in [2.45, 2.75) is 70.8 Å². The molecule has 4 atom stereocenters. The highest BCUT2D eigenvalue weighted by molar-refractivity contribution is 6.05. The molecule has 1 heterocycles. The maximum absolute atomic E-state index is 13.6. The van der Waals surface area contributed by atoms with Crippen molar-refractivity contribution >= 4 is 29.4 Å². The third-order valence-electron chi connectivity index (χ3n) is 8.75. The Morgan fingerprint density at radius 3 is 2.40 bits per heavy atom. The minimum atomic E-state index is -0.913. The zero-order valence-electron chi connectivity index (χ0n) is 24.8. The number of hydrogen-bond acceptors (Lipinski definition) is 6. The van der Waals surface area contributed by atoms with E-state index >= 15 is 0 Å². The lowest BCUT2D eigenvalue weighted by Crippen LogP contribution is -2.39. The molecule has 43 heavy (non-hydrogen) atoms. The van der Waals surface area contributed by atoms with E-state index in [2.05, 4.69) is 0 Å². The molecule has 1 aliphatic heterocycles. The van der Waals surface area contributed by atoms with Crippen molar-refractivity contribution in [3.8, 4) is 5.75 Å². The Hall–Kier alpha value is -3.75. The highest BCUT2D eigenvalue weighted by Gasteiger charge is 2.54. The van der Waals surface area contributed by atoms with Crippen molar-refractivity contribution in [2.75, 3.05) is 13.2 Å². The van der Waals surface area contributed by atoms with Crippen LogP contribution in [0.15, 0.2) is 65.7 Å². The number of unbranched alkanes of at least 4 members (excludes halogenated alkanes) is 2. The Kier molecular flexibility index (Phi) is 11.3. The number of imide groups is 1. The molecule has 8 heteroatoms. The normalized spacial score (nSPS) is 21.3. The van der Waals surface area contributed by atoms with E-state index in [1.807, 2.05) is 55.5 Å². The van der Waals surface area contributed by atoms with Crippen molar-refractivity contribution in [1.82, 2.24) is 4.90 Å². The van der Waals surface area contributed by atoms with E-state index in [9.17, 15) is 29.7 Å². The summed E-state index contributed by atoms with van der Waals surface area (Å²) in [4.78, 5) is 39.1. The van der Waals surface area contributed by atoms with Gasteiger partial charge in [0.15, 0.2) is 0 Å². The summed E-state index contributed by atoms with van der Waals surface area (Å²) in [7, 11) is 0. The van der Waals surface area contributed by atoms with E-state index in [-0.39, 0.29) is 37.1 Å². The summed E-state index contributed by atoms with van der Waals surface area (Å²) in [5, 5.41) is 41.5. The first-order chi connectivity index (χ1) is 20.8. The van der Waals surface area contributed by atoms with E-state index < -0.39 is 29.8 Å². The smallest absolute Gasteiger partial charge is 0.303 e. The second-order valence-electron chi connectivity index (χ2n) is 11.6. The number of carbonyl (C=O) groups is 3. The molecule has 2 amide bonds. The maximum atomic E-state index is 13.6. The number of aromatic hydroxyl groups is 1. The number of carbonyl (C=O) groups excluding carboxylic acids is 2. The van der Waals surface area contributed by atoms with E-state index in [1.165, 1.54) is 4.90 Å². The molecule has 8 nitrogen and oxygen atoms in total. The first-order valence-electron chi connectivity index (χ1n) is 15.4. The quantitative estimate of drug-likeness (QED) is 0.0942. The van der Waals surface area contributed by atoms with Crippen LogP contribution in [0, 0.1) is 17.8 Å². The SMILES string of the molecule is CCCC1=C([C@H](O)CC/C(=C/c2ccccc2O)c2ccccc2)[C@H](CO)[C@@H]2C(=O)N(CCCCCC(=O)O)C(=O)[C@@H]2C1. The van der Waals surface area contributed by atoms with Crippen LogP contribution >= 0.6 is 0 Å². The summed E-state index contributed by atoms with van der Waals surface area (Å²) in [5.41, 5.74) is 4.22. The van der Waals surface area contributed by atoms with Gasteiger partial charge in [0.1, 0.15) is 5.75 Å². The predicted octanol–water partition coefficient (Wildman–Crippen LogP) is 5.43. The minimum absolute atomic E-state index is 0.0545. The molecule has 4 N–H and O–H groups in total. The standard InChI is InChI=1S/C35H43NO7/c1-2-11-26-21-27-33(35(43)36(34(27)42)19-10-4-7-16-31(40)41)28(22-37)32(26)30(39)18-17-24(23-12-5-3-6-13-23)20-25-14-8-9-15-29(25)38/h3,5-6,8-9,12-15,20,27-28,30,33,37-39H,2,4,7,10-11,16-19,21-22H2,1H3,(H,40,41)/b24-20-/t27-,28+,30-,33-/m1/s1. The molecule has 4 rings (SSSR count). The topological polar surface area (TPSA) is 135 Å². The molecule has 1 fully saturated rings. The molecule has 0 bridgehead atoms. The van der Waals surface area contributed by atoms with E-state index in [4.69, 9.17) is 5.11 Å². The molecule has 0 radical (unpaired) electrons. The molecule has 0 unspecified atom stereocenters. The van der Waals surface area contributed by atoms with Gasteiger partial charge in [-0.2, -0.15) is 0 Å². The number of aliphatic hydroxyl groups excluding tert-OH is 2. The Labute approximate surface area is 253 Å². The zero-order chi connectivity index (χ0) is 30.9. The van der Waals surface area contributed by atoms with Crippen LogP contribution in [0.5, 0.6) is 5.75 Å². The van der Waals surface area contributed by atoms with Crippen molar-refractivity contribution in [3.05, 3.63) is 76.9 Å². The Morgan fingerprint density at radius 2 is 1.72 bits per heavy atom. The van der Waals surface area contributed by atoms with Crippen LogP contribution in [0.25, 0.3) is 11.6 Å². The van der Waals surface area contributed by atoms with Gasteiger partial charge in [-0.1, -0.05) is 73.9 Å². The van der Waals surface area contributed by atoms with Gasteiger partial charge in [-0.25, -0.2) is 0 Å². The number of likely N-dealkylation sites (tertiary alicyclic amines) is 1. The van der Waals surface area contributed by atoms with Gasteiger partial charge >= 0.3 is 5.97 Å². The number of phenolic OH excluding ortho intramolecular Hbond substituents is 1. The molecule has 0 spiro atoms. The van der Waals surface area contributed by atoms with Crippen LogP contribution in [-0.2, 0) is 14.4 Å². The van der Waals surface area contributed by atoms with Crippen LogP contribution in [0.1, 0.15) is 75.8 Å². The Bertz CT molecular complexity index is 1350. The zero-order valence-corrected chi connectivity index (χ0v) is 24.8. The molecule has 0 aromatic heterocycles. The third-order valence-corrected chi connectivity index (χ3v) is 8.75. The second kappa shape index (κ2) is 15.1. The second-order valence-corrected chi connectivity index (χ2v) is 11.6. The summed E-state index contributed by atoms with van der Waals surface area (Å²) >= 11 is 0. The van der Waals surface area contributed by atoms with Crippen molar-refractivity contribution in [2.24, 2.45) is 17.8 Å². The molecule has 0 saturated carbocycles. The lowest BCUT2D eigenvalue weighted by atomic mass is 9.67. The number of phenols is 1. The highest BCUT2D eigenvalue weighted by atomic mass is 16.4. The lowest BCUT2D eigenvalue weighted by Gasteiger charge is -2.36. The summed E-state index contributed by atoms with van der Waals surface area (Å²) in [5.74, 6) is -3.16. The van der Waals surface area contributed by atoms with E-state index in [1.54, 1.807) is 12.1 Å². The van der Waals surface area contributed by atoms with E-state index in [0.29, 0.717) is 56.1 Å². The van der Waals surface area contributed by atoms with Crippen LogP contribution in [0.3, 0.4) is 0 Å². The lowest BCUT2D eigenvalue weighted by molar-refractivity contribution is -0.141. The molecule has 2 aromatic carbocycles. The monoisotopic (exact) mass is 589 g/mol. The fourth-order valence-electron chi connectivity index (χ4n) is 6.70. The molecule has 2 aromatic rings. The number of benzene rings is 2. The van der Waals surface area contributed by atoms with E-state index in [0.717, 1.165) is 23.1 Å². The number of fused-ring (bicyclic) bond motifs is 1. The number of nitrogens with zero attached hydrogens (tertiary/aromatic N) is 1. The van der Waals surface area contributed by atoms with Gasteiger partial charge in [0.05, 0.1) is 24.5 Å². The molecule has 230 valence electrons. The Morgan fingerprint density at radius 1 is 1.00 bits per heavy atom. The number of aliphatic carboxylic acids is 1. The summed E-state index contributed by atoms with van der Waals surface area (Å²) < 4.78 is 0. The van der Waals surface area contributed by atoms with Crippen molar-refractivity contribution in [3.63, 3.8) is 0 Å². The van der Waals surface area contributed by atoms with Gasteiger partial charge in [-0.05, 0) is 67.4 Å². The van der Waals surface area contributed by atoms with Crippen molar-refractivity contribution < 1.29 is 34.8 Å². The van der Waals surface area contributed by atoms with Gasteiger partial charge < -0.3 is 20.4 Å². The van der Waals surface area contributed by atoms with Gasteiger partial charge in [-0.3, -0.25) is 19.3 Å². The summed E-state index contributed by atoms with van der Waals surface area (Å²) in [6.07, 6.45) is 5.38. The minimum Gasteiger partial charge on any atom is -0.507 e. The number of para-hydroxylation sites is 1. The van der Waals surface area contributed by atoms with Crippen LogP contribution in [-0.4, -0.2) is 62.4 Å². The molecule has 1 aliphatic carbocycles. The molecular weight excluding hydrogens is 546 g/mol. The number of hydrogen-bond donors (Lipinski definition) is 4. The van der Waals surface area contributed by atoms with Gasteiger partial charge in [0.2, 0.25) is 11.8 Å². The van der Waals surface area contributed by atoms with Crippen LogP contribution in [0.2, 0.25) is 0 Å². The number of allylic oxidation sites excluding steroid dienone is 2. The fraction of sp³-hybridized carbons (Fsp3) is 0.457. The fourth-order valence-corrected chi connectivity index (χ4v) is 6.70. The summed E-state index contributed by atoms with van der Waals surface area (Å²) in [6, 6.07) is 16.9. The number of rotatable bonds is 15. The summed E-state index contributed by atoms with van der Waals surface area (Å²) in [6.45, 7) is 1.93. The average molecular weight is 590 g/mol. The van der Waals surface area contributed by atoms with Gasteiger partial charge in [0.25, 0.3) is 0 Å². The average Bonchev–Trinajstić information content (AvgIpc) is 3.23.